The highest BCUT2D eigenvalue weighted by atomic mass is 16.8. The molecule has 3 atom stereocenters. The number of benzene rings is 1. The van der Waals surface area contributed by atoms with Crippen molar-refractivity contribution in [2.24, 2.45) is 0 Å². The Balaban J connectivity index is 1.78. The van der Waals surface area contributed by atoms with E-state index in [0.29, 0.717) is 18.8 Å². The Morgan fingerprint density at radius 2 is 1.67 bits per heavy atom. The van der Waals surface area contributed by atoms with E-state index in [2.05, 4.69) is 13.0 Å². The summed E-state index contributed by atoms with van der Waals surface area (Å²) in [5.41, 5.74) is 1.15. The summed E-state index contributed by atoms with van der Waals surface area (Å²) in [5, 5.41) is 0. The van der Waals surface area contributed by atoms with Gasteiger partial charge in [-0.3, -0.25) is 4.79 Å². The van der Waals surface area contributed by atoms with E-state index in [4.69, 9.17) is 18.9 Å². The van der Waals surface area contributed by atoms with Gasteiger partial charge in [-0.25, -0.2) is 0 Å². The number of hydrogen-bond donors (Lipinski definition) is 0. The fraction of sp³-hybridized carbons (Fsp3) is 0.750. The average Bonchev–Trinajstić information content (AvgIpc) is 2.83. The average molecular weight is 463 g/mol. The largest absolute Gasteiger partial charge is 0.462 e. The monoisotopic (exact) mass is 462 g/mol. The van der Waals surface area contributed by atoms with Crippen LogP contribution in [0, 0.1) is 0 Å². The lowest BCUT2D eigenvalue weighted by molar-refractivity contribution is -0.231. The van der Waals surface area contributed by atoms with E-state index in [0.717, 1.165) is 44.1 Å². The number of carbonyl (C=O) groups excluding carboxylic acids is 1. The number of esters is 1. The molecule has 0 bridgehead atoms. The summed E-state index contributed by atoms with van der Waals surface area (Å²) in [6, 6.07) is 8.02. The molecule has 0 spiro atoms. The van der Waals surface area contributed by atoms with E-state index in [1.807, 2.05) is 25.1 Å². The van der Waals surface area contributed by atoms with E-state index in [1.54, 1.807) is 7.11 Å². The Morgan fingerprint density at radius 3 is 2.36 bits per heavy atom. The Morgan fingerprint density at radius 1 is 0.970 bits per heavy atom. The van der Waals surface area contributed by atoms with Gasteiger partial charge in [0.05, 0.1) is 6.61 Å². The summed E-state index contributed by atoms with van der Waals surface area (Å²) < 4.78 is 22.4. The molecular formula is C28H46O5. The van der Waals surface area contributed by atoms with Gasteiger partial charge in [0.2, 0.25) is 0 Å². The Hall–Kier alpha value is -1.59. The predicted octanol–water partition coefficient (Wildman–Crippen LogP) is 7.52. The van der Waals surface area contributed by atoms with Gasteiger partial charge in [0.1, 0.15) is 11.9 Å². The summed E-state index contributed by atoms with van der Waals surface area (Å²) in [4.78, 5) is 12.5. The Kier molecular flexibility index (Phi) is 14.2. The second-order valence-corrected chi connectivity index (χ2v) is 9.17. The first-order valence-electron chi connectivity index (χ1n) is 13.3. The molecule has 2 rings (SSSR count). The van der Waals surface area contributed by atoms with Gasteiger partial charge >= 0.3 is 12.4 Å². The zero-order valence-electron chi connectivity index (χ0n) is 21.2. The number of unbranched alkanes of at least 4 members (excludes halogenated alkanes) is 8. The molecule has 188 valence electrons. The first-order chi connectivity index (χ1) is 16.2. The smallest absolute Gasteiger partial charge is 0.315 e. The third-order valence-corrected chi connectivity index (χ3v) is 6.48. The summed E-state index contributed by atoms with van der Waals surface area (Å²) in [6.45, 7) is 3.95. The lowest BCUT2D eigenvalue weighted by Gasteiger charge is -2.32. The van der Waals surface area contributed by atoms with Gasteiger partial charge < -0.3 is 18.9 Å². The first kappa shape index (κ1) is 27.7. The molecule has 5 nitrogen and oxygen atoms in total. The topological polar surface area (TPSA) is 54.0 Å². The van der Waals surface area contributed by atoms with Gasteiger partial charge in [0.25, 0.3) is 0 Å². The van der Waals surface area contributed by atoms with Gasteiger partial charge in [-0.2, -0.15) is 0 Å². The highest BCUT2D eigenvalue weighted by Crippen LogP contribution is 2.36. The van der Waals surface area contributed by atoms with E-state index in [9.17, 15) is 4.79 Å². The van der Waals surface area contributed by atoms with E-state index < -0.39 is 6.48 Å². The minimum absolute atomic E-state index is 0.0435. The lowest BCUT2D eigenvalue weighted by Crippen LogP contribution is -2.29. The van der Waals surface area contributed by atoms with Crippen LogP contribution in [0.3, 0.4) is 0 Å². The Labute approximate surface area is 201 Å². The van der Waals surface area contributed by atoms with Crippen LogP contribution in [0.5, 0.6) is 5.75 Å². The molecule has 0 amide bonds. The van der Waals surface area contributed by atoms with Gasteiger partial charge in [0, 0.05) is 19.4 Å². The minimum Gasteiger partial charge on any atom is -0.462 e. The third kappa shape index (κ3) is 10.9. The zero-order valence-corrected chi connectivity index (χ0v) is 21.2. The molecule has 0 radical (unpaired) electrons. The SMILES string of the molecule is CCCCCCCCCCCC(=O)O[C@@H]1CCCC[C@H]1c1cccc(OC(OC)OCC)c1. The van der Waals surface area contributed by atoms with Crippen LogP contribution in [-0.2, 0) is 19.0 Å². The third-order valence-electron chi connectivity index (χ3n) is 6.48. The number of hydrogen-bond acceptors (Lipinski definition) is 5. The van der Waals surface area contributed by atoms with Crippen molar-refractivity contribution in [2.45, 2.75) is 122 Å². The molecule has 0 aromatic heterocycles. The van der Waals surface area contributed by atoms with E-state index in [-0.39, 0.29) is 18.0 Å². The summed E-state index contributed by atoms with van der Waals surface area (Å²) in [5.74, 6) is 0.874. The molecule has 0 N–H and O–H groups in total. The molecule has 0 saturated heterocycles. The van der Waals surface area contributed by atoms with Crippen molar-refractivity contribution in [3.05, 3.63) is 29.8 Å². The quantitative estimate of drug-likeness (QED) is 0.136. The molecular weight excluding hydrogens is 416 g/mol. The molecule has 1 fully saturated rings. The summed E-state index contributed by atoms with van der Waals surface area (Å²) >= 11 is 0. The fourth-order valence-corrected chi connectivity index (χ4v) is 4.64. The van der Waals surface area contributed by atoms with Crippen LogP contribution in [0.25, 0.3) is 0 Å². The lowest BCUT2D eigenvalue weighted by atomic mass is 9.81. The van der Waals surface area contributed by atoms with Crippen LogP contribution in [-0.4, -0.2) is 32.3 Å². The molecule has 1 aliphatic rings. The van der Waals surface area contributed by atoms with Gasteiger partial charge in [-0.05, 0) is 50.3 Å². The number of ether oxygens (including phenoxy) is 4. The molecule has 1 aromatic rings. The first-order valence-corrected chi connectivity index (χ1v) is 13.3. The number of rotatable bonds is 17. The van der Waals surface area contributed by atoms with Crippen LogP contribution >= 0.6 is 0 Å². The second-order valence-electron chi connectivity index (χ2n) is 9.17. The normalized spacial score (nSPS) is 19.2. The molecule has 0 aliphatic heterocycles. The van der Waals surface area contributed by atoms with Crippen LogP contribution < -0.4 is 4.74 Å². The van der Waals surface area contributed by atoms with Crippen LogP contribution in [0.4, 0.5) is 0 Å². The van der Waals surface area contributed by atoms with Crippen molar-refractivity contribution in [1.29, 1.82) is 0 Å². The molecule has 0 heterocycles. The highest BCUT2D eigenvalue weighted by molar-refractivity contribution is 5.69. The van der Waals surface area contributed by atoms with Crippen LogP contribution in [0.15, 0.2) is 24.3 Å². The number of methoxy groups -OCH3 is 1. The maximum absolute atomic E-state index is 12.5. The summed E-state index contributed by atoms with van der Waals surface area (Å²) in [7, 11) is 1.56. The molecule has 33 heavy (non-hydrogen) atoms. The van der Waals surface area contributed by atoms with Gasteiger partial charge in [-0.1, -0.05) is 76.8 Å². The summed E-state index contributed by atoms with van der Waals surface area (Å²) in [6.07, 6.45) is 16.0. The maximum atomic E-state index is 12.5. The predicted molar refractivity (Wildman–Crippen MR) is 132 cm³/mol. The highest BCUT2D eigenvalue weighted by Gasteiger charge is 2.30. The minimum atomic E-state index is -0.721. The molecule has 1 unspecified atom stereocenters. The molecule has 1 saturated carbocycles. The van der Waals surface area contributed by atoms with Crippen molar-refractivity contribution < 1.29 is 23.7 Å². The van der Waals surface area contributed by atoms with Crippen LogP contribution in [0.1, 0.15) is 115 Å². The Bertz CT molecular complexity index is 647. The van der Waals surface area contributed by atoms with Crippen molar-refractivity contribution in [2.75, 3.05) is 13.7 Å². The fourth-order valence-electron chi connectivity index (χ4n) is 4.64. The zero-order chi connectivity index (χ0) is 23.7. The van der Waals surface area contributed by atoms with Gasteiger partial charge in [0.15, 0.2) is 0 Å². The van der Waals surface area contributed by atoms with Crippen molar-refractivity contribution >= 4 is 5.97 Å². The van der Waals surface area contributed by atoms with E-state index >= 15 is 0 Å². The standard InChI is InChI=1S/C28H46O5/c1-4-6-7-8-9-10-11-12-13-21-27(29)33-26-20-15-14-19-25(26)23-17-16-18-24(22-23)32-28(30-3)31-5-2/h16-18,22,25-26,28H,4-15,19-21H2,1-3H3/t25-,26+,28?/m0/s1. The van der Waals surface area contributed by atoms with Crippen LogP contribution in [0.2, 0.25) is 0 Å². The number of carbonyl (C=O) groups is 1. The second kappa shape index (κ2) is 16.9. The van der Waals surface area contributed by atoms with E-state index in [1.165, 1.54) is 44.9 Å². The molecule has 1 aliphatic carbocycles. The van der Waals surface area contributed by atoms with Gasteiger partial charge in [-0.15, -0.1) is 0 Å². The van der Waals surface area contributed by atoms with Crippen molar-refractivity contribution in [1.82, 2.24) is 0 Å². The molecule has 5 heteroatoms. The van der Waals surface area contributed by atoms with Crippen molar-refractivity contribution in [3.63, 3.8) is 0 Å². The van der Waals surface area contributed by atoms with Crippen molar-refractivity contribution in [3.8, 4) is 5.75 Å². The molecule has 1 aromatic carbocycles. The maximum Gasteiger partial charge on any atom is 0.315 e.